The number of Topliss-reactive ketones (excluding diaryl/α,β-unsaturated/α-hetero) is 1. The first-order chi connectivity index (χ1) is 10.1. The monoisotopic (exact) mass is 281 g/mol. The highest BCUT2D eigenvalue weighted by Gasteiger charge is 2.26. The Morgan fingerprint density at radius 2 is 1.95 bits per heavy atom. The van der Waals surface area contributed by atoms with E-state index < -0.39 is 0 Å². The molecule has 1 N–H and O–H groups in total. The molecule has 0 saturated carbocycles. The van der Waals surface area contributed by atoms with Crippen molar-refractivity contribution in [3.8, 4) is 5.75 Å². The van der Waals surface area contributed by atoms with Crippen molar-refractivity contribution in [2.75, 3.05) is 11.4 Å². The van der Waals surface area contributed by atoms with Gasteiger partial charge in [0.15, 0.2) is 5.78 Å². The Balaban J connectivity index is 1.86. The summed E-state index contributed by atoms with van der Waals surface area (Å²) in [6, 6.07) is 13.9. The number of phenolic OH excluding ortho intramolecular Hbond substituents is 1. The molecule has 21 heavy (non-hydrogen) atoms. The van der Waals surface area contributed by atoms with Gasteiger partial charge in [0.25, 0.3) is 0 Å². The van der Waals surface area contributed by atoms with Crippen LogP contribution in [0.2, 0.25) is 0 Å². The Bertz CT molecular complexity index is 709. The van der Waals surface area contributed by atoms with E-state index in [1.54, 1.807) is 47.4 Å². The van der Waals surface area contributed by atoms with Crippen LogP contribution in [-0.4, -0.2) is 23.3 Å². The number of benzene rings is 2. The first-order valence-corrected chi connectivity index (χ1v) is 6.85. The molecule has 4 nitrogen and oxygen atoms in total. The summed E-state index contributed by atoms with van der Waals surface area (Å²) in [7, 11) is 0. The van der Waals surface area contributed by atoms with Crippen LogP contribution >= 0.6 is 0 Å². The number of hydrogen-bond donors (Lipinski definition) is 1. The molecular formula is C17H15NO3. The molecule has 4 heteroatoms. The molecule has 0 aromatic heterocycles. The van der Waals surface area contributed by atoms with Gasteiger partial charge in [-0.05, 0) is 29.8 Å². The lowest BCUT2D eigenvalue weighted by molar-refractivity contribution is -0.118. The second kappa shape index (κ2) is 5.40. The molecule has 1 amide bonds. The predicted octanol–water partition coefficient (Wildman–Crippen LogP) is 2.55. The topological polar surface area (TPSA) is 57.6 Å². The van der Waals surface area contributed by atoms with Gasteiger partial charge in [-0.1, -0.05) is 24.3 Å². The fraction of sp³-hybridized carbons (Fsp3) is 0.176. The van der Waals surface area contributed by atoms with Crippen molar-refractivity contribution < 1.29 is 14.7 Å². The van der Waals surface area contributed by atoms with Crippen molar-refractivity contribution in [3.05, 3.63) is 59.7 Å². The minimum Gasteiger partial charge on any atom is -0.508 e. The third kappa shape index (κ3) is 2.65. The number of amides is 1. The van der Waals surface area contributed by atoms with E-state index in [2.05, 4.69) is 0 Å². The van der Waals surface area contributed by atoms with Crippen LogP contribution < -0.4 is 4.90 Å². The molecule has 0 unspecified atom stereocenters. The molecule has 0 bridgehead atoms. The summed E-state index contributed by atoms with van der Waals surface area (Å²) >= 11 is 0. The van der Waals surface area contributed by atoms with E-state index in [1.165, 1.54) is 0 Å². The van der Waals surface area contributed by atoms with E-state index in [0.717, 1.165) is 5.56 Å². The second-order valence-corrected chi connectivity index (χ2v) is 5.08. The smallest absolute Gasteiger partial charge is 0.231 e. The zero-order valence-electron chi connectivity index (χ0n) is 11.5. The van der Waals surface area contributed by atoms with Gasteiger partial charge >= 0.3 is 0 Å². The zero-order valence-corrected chi connectivity index (χ0v) is 11.5. The number of nitrogens with zero attached hydrogens (tertiary/aromatic N) is 1. The lowest BCUT2D eigenvalue weighted by Gasteiger charge is -2.28. The average molecular weight is 281 g/mol. The van der Waals surface area contributed by atoms with Crippen LogP contribution in [0.4, 0.5) is 5.69 Å². The Morgan fingerprint density at radius 1 is 1.14 bits per heavy atom. The van der Waals surface area contributed by atoms with Crippen molar-refractivity contribution in [3.63, 3.8) is 0 Å². The number of rotatable bonds is 2. The van der Waals surface area contributed by atoms with Gasteiger partial charge in [-0.2, -0.15) is 0 Å². The first-order valence-electron chi connectivity index (χ1n) is 6.85. The number of phenols is 1. The van der Waals surface area contributed by atoms with Crippen molar-refractivity contribution in [1.29, 1.82) is 0 Å². The van der Waals surface area contributed by atoms with Crippen LogP contribution in [0, 0.1) is 0 Å². The summed E-state index contributed by atoms with van der Waals surface area (Å²) in [6.07, 6.45) is 0.555. The Morgan fingerprint density at radius 3 is 2.76 bits per heavy atom. The summed E-state index contributed by atoms with van der Waals surface area (Å²) < 4.78 is 0. The predicted molar refractivity (Wildman–Crippen MR) is 79.6 cm³/mol. The van der Waals surface area contributed by atoms with E-state index in [4.69, 9.17) is 0 Å². The van der Waals surface area contributed by atoms with Crippen molar-refractivity contribution in [2.45, 2.75) is 12.8 Å². The number of hydrogen-bond acceptors (Lipinski definition) is 3. The quantitative estimate of drug-likeness (QED) is 0.920. The van der Waals surface area contributed by atoms with Crippen LogP contribution in [0.15, 0.2) is 48.5 Å². The third-order valence-corrected chi connectivity index (χ3v) is 3.62. The molecule has 2 aromatic rings. The van der Waals surface area contributed by atoms with Gasteiger partial charge in [0.1, 0.15) is 5.75 Å². The van der Waals surface area contributed by atoms with Gasteiger partial charge in [0.05, 0.1) is 12.1 Å². The molecule has 0 atom stereocenters. The average Bonchev–Trinajstić information content (AvgIpc) is 2.48. The first kappa shape index (κ1) is 13.4. The Kier molecular flexibility index (Phi) is 3.44. The fourth-order valence-corrected chi connectivity index (χ4v) is 2.61. The van der Waals surface area contributed by atoms with Gasteiger partial charge < -0.3 is 10.0 Å². The lowest BCUT2D eigenvalue weighted by Crippen LogP contribution is -2.38. The molecule has 1 aliphatic rings. The SMILES string of the molecule is O=C1CCN(C(=O)Cc2cccc(O)c2)c2ccccc21. The minimum absolute atomic E-state index is 0.0689. The molecule has 3 rings (SSSR count). The molecule has 106 valence electrons. The fourth-order valence-electron chi connectivity index (χ4n) is 2.61. The number of aromatic hydroxyl groups is 1. The molecule has 0 radical (unpaired) electrons. The summed E-state index contributed by atoms with van der Waals surface area (Å²) in [5, 5.41) is 9.46. The van der Waals surface area contributed by atoms with Gasteiger partial charge in [-0.3, -0.25) is 9.59 Å². The summed E-state index contributed by atoms with van der Waals surface area (Å²) in [4.78, 5) is 26.0. The maximum absolute atomic E-state index is 12.5. The van der Waals surface area contributed by atoms with Crippen LogP contribution in [0.1, 0.15) is 22.3 Å². The standard InChI is InChI=1S/C17H15NO3/c19-13-5-3-4-12(10-13)11-17(21)18-9-8-16(20)14-6-1-2-7-15(14)18/h1-7,10,19H,8-9,11H2. The van der Waals surface area contributed by atoms with Gasteiger partial charge in [-0.15, -0.1) is 0 Å². The van der Waals surface area contributed by atoms with Crippen molar-refractivity contribution in [1.82, 2.24) is 0 Å². The molecule has 0 fully saturated rings. The maximum Gasteiger partial charge on any atom is 0.231 e. The van der Waals surface area contributed by atoms with Gasteiger partial charge in [0, 0.05) is 18.5 Å². The molecular weight excluding hydrogens is 266 g/mol. The van der Waals surface area contributed by atoms with Crippen LogP contribution in [0.3, 0.4) is 0 Å². The molecule has 0 saturated heterocycles. The molecule has 0 aliphatic carbocycles. The molecule has 1 heterocycles. The Labute approximate surface area is 122 Å². The van der Waals surface area contributed by atoms with E-state index in [0.29, 0.717) is 24.2 Å². The van der Waals surface area contributed by atoms with E-state index >= 15 is 0 Å². The highest BCUT2D eigenvalue weighted by Crippen LogP contribution is 2.27. The van der Waals surface area contributed by atoms with Crippen LogP contribution in [0.25, 0.3) is 0 Å². The normalized spacial score (nSPS) is 13.9. The number of carbonyl (C=O) groups is 2. The van der Waals surface area contributed by atoms with Crippen molar-refractivity contribution in [2.24, 2.45) is 0 Å². The highest BCUT2D eigenvalue weighted by atomic mass is 16.3. The summed E-state index contributed by atoms with van der Waals surface area (Å²) in [6.45, 7) is 0.410. The van der Waals surface area contributed by atoms with Gasteiger partial charge in [-0.25, -0.2) is 0 Å². The molecule has 2 aromatic carbocycles. The number of fused-ring (bicyclic) bond motifs is 1. The largest absolute Gasteiger partial charge is 0.508 e. The number of carbonyl (C=O) groups excluding carboxylic acids is 2. The number of ketones is 1. The lowest BCUT2D eigenvalue weighted by atomic mass is 9.99. The Hall–Kier alpha value is -2.62. The van der Waals surface area contributed by atoms with Gasteiger partial charge in [0.2, 0.25) is 5.91 Å². The van der Waals surface area contributed by atoms with Crippen LogP contribution in [-0.2, 0) is 11.2 Å². The van der Waals surface area contributed by atoms with E-state index in [9.17, 15) is 14.7 Å². The highest BCUT2D eigenvalue weighted by molar-refractivity contribution is 6.09. The number of para-hydroxylation sites is 1. The second-order valence-electron chi connectivity index (χ2n) is 5.08. The maximum atomic E-state index is 12.5. The van der Waals surface area contributed by atoms with E-state index in [1.807, 2.05) is 6.07 Å². The summed E-state index contributed by atoms with van der Waals surface area (Å²) in [5.74, 6) is 0.155. The minimum atomic E-state index is -0.0689. The van der Waals surface area contributed by atoms with E-state index in [-0.39, 0.29) is 23.9 Å². The molecule has 1 aliphatic heterocycles. The zero-order chi connectivity index (χ0) is 14.8. The summed E-state index contributed by atoms with van der Waals surface area (Å²) in [5.41, 5.74) is 2.04. The van der Waals surface area contributed by atoms with Crippen LogP contribution in [0.5, 0.6) is 5.75 Å². The van der Waals surface area contributed by atoms with Crippen molar-refractivity contribution >= 4 is 17.4 Å². The number of anilines is 1. The third-order valence-electron chi connectivity index (χ3n) is 3.62. The molecule has 0 spiro atoms.